The molecule has 0 saturated heterocycles. The molecule has 23 heavy (non-hydrogen) atoms. The molecular weight excluding hydrogens is 310 g/mol. The Bertz CT molecular complexity index is 643. The fourth-order valence-corrected chi connectivity index (χ4v) is 2.56. The highest BCUT2D eigenvalue weighted by atomic mass is 35.5. The van der Waals surface area contributed by atoms with Gasteiger partial charge in [0.25, 0.3) is 5.91 Å². The first kappa shape index (κ1) is 17.4. The van der Waals surface area contributed by atoms with Crippen molar-refractivity contribution in [3.8, 4) is 5.75 Å². The van der Waals surface area contributed by atoms with Crippen LogP contribution in [0.1, 0.15) is 36.2 Å². The molecule has 0 saturated carbocycles. The van der Waals surface area contributed by atoms with Gasteiger partial charge in [-0.3, -0.25) is 4.79 Å². The Balaban J connectivity index is 1.89. The monoisotopic (exact) mass is 331 g/mol. The van der Waals surface area contributed by atoms with Crippen molar-refractivity contribution in [2.75, 3.05) is 6.61 Å². The van der Waals surface area contributed by atoms with Gasteiger partial charge in [0.1, 0.15) is 5.75 Å². The highest BCUT2D eigenvalue weighted by Crippen LogP contribution is 2.25. The van der Waals surface area contributed by atoms with Gasteiger partial charge in [-0.05, 0) is 50.5 Å². The van der Waals surface area contributed by atoms with Crippen LogP contribution in [-0.2, 0) is 6.42 Å². The number of benzene rings is 2. The first-order chi connectivity index (χ1) is 11.1. The van der Waals surface area contributed by atoms with E-state index in [-0.39, 0.29) is 11.9 Å². The molecule has 2 aromatic carbocycles. The van der Waals surface area contributed by atoms with Gasteiger partial charge in [0.05, 0.1) is 11.6 Å². The maximum Gasteiger partial charge on any atom is 0.251 e. The molecule has 0 bridgehead atoms. The fourth-order valence-electron chi connectivity index (χ4n) is 2.32. The van der Waals surface area contributed by atoms with Crippen molar-refractivity contribution < 1.29 is 9.53 Å². The van der Waals surface area contributed by atoms with E-state index in [1.807, 2.05) is 32.0 Å². The van der Waals surface area contributed by atoms with Gasteiger partial charge < -0.3 is 10.1 Å². The normalized spacial score (nSPS) is 11.8. The second-order valence-electron chi connectivity index (χ2n) is 5.48. The first-order valence-electron chi connectivity index (χ1n) is 7.87. The molecular formula is C19H22ClNO2. The zero-order valence-electron chi connectivity index (χ0n) is 13.5. The number of aryl methyl sites for hydroxylation is 1. The molecule has 3 nitrogen and oxygen atoms in total. The molecule has 0 spiro atoms. The van der Waals surface area contributed by atoms with E-state index in [9.17, 15) is 4.79 Å². The largest absolute Gasteiger partial charge is 0.492 e. The standard InChI is InChI=1S/C19H22ClNO2/c1-3-23-18-12-11-16(13-17(18)20)19(22)21-14(2)9-10-15-7-5-4-6-8-15/h4-8,11-14H,3,9-10H2,1-2H3,(H,21,22). The molecule has 2 aromatic rings. The van der Waals surface area contributed by atoms with E-state index < -0.39 is 0 Å². The van der Waals surface area contributed by atoms with Crippen molar-refractivity contribution in [3.05, 3.63) is 64.7 Å². The SMILES string of the molecule is CCOc1ccc(C(=O)NC(C)CCc2ccccc2)cc1Cl. The Morgan fingerprint density at radius 1 is 1.22 bits per heavy atom. The number of ether oxygens (including phenoxy) is 1. The van der Waals surface area contributed by atoms with Gasteiger partial charge in [-0.25, -0.2) is 0 Å². The van der Waals surface area contributed by atoms with Crippen LogP contribution in [0.4, 0.5) is 0 Å². The Morgan fingerprint density at radius 3 is 2.61 bits per heavy atom. The predicted octanol–water partition coefficient (Wildman–Crippen LogP) is 4.49. The highest BCUT2D eigenvalue weighted by molar-refractivity contribution is 6.32. The van der Waals surface area contributed by atoms with E-state index in [1.54, 1.807) is 18.2 Å². The summed E-state index contributed by atoms with van der Waals surface area (Å²) < 4.78 is 5.38. The summed E-state index contributed by atoms with van der Waals surface area (Å²) in [6, 6.07) is 15.5. The van der Waals surface area contributed by atoms with Crippen molar-refractivity contribution in [2.45, 2.75) is 32.7 Å². The molecule has 2 rings (SSSR count). The van der Waals surface area contributed by atoms with E-state index in [4.69, 9.17) is 16.3 Å². The Labute approximate surface area is 142 Å². The minimum atomic E-state index is -0.115. The van der Waals surface area contributed by atoms with Gasteiger partial charge >= 0.3 is 0 Å². The lowest BCUT2D eigenvalue weighted by atomic mass is 10.1. The molecule has 1 unspecified atom stereocenters. The number of hydrogen-bond acceptors (Lipinski definition) is 2. The van der Waals surface area contributed by atoms with E-state index >= 15 is 0 Å². The second kappa shape index (κ2) is 8.59. The van der Waals surface area contributed by atoms with Crippen LogP contribution in [0.2, 0.25) is 5.02 Å². The van der Waals surface area contributed by atoms with Crippen LogP contribution >= 0.6 is 11.6 Å². The topological polar surface area (TPSA) is 38.3 Å². The quantitative estimate of drug-likeness (QED) is 0.811. The molecule has 0 radical (unpaired) electrons. The van der Waals surface area contributed by atoms with Crippen molar-refractivity contribution in [3.63, 3.8) is 0 Å². The van der Waals surface area contributed by atoms with Gasteiger partial charge in [-0.15, -0.1) is 0 Å². The zero-order valence-corrected chi connectivity index (χ0v) is 14.3. The number of rotatable bonds is 7. The molecule has 1 atom stereocenters. The van der Waals surface area contributed by atoms with Crippen molar-refractivity contribution in [1.29, 1.82) is 0 Å². The van der Waals surface area contributed by atoms with Crippen LogP contribution in [0.15, 0.2) is 48.5 Å². The molecule has 0 aliphatic rings. The van der Waals surface area contributed by atoms with Crippen LogP contribution in [0.5, 0.6) is 5.75 Å². The minimum Gasteiger partial charge on any atom is -0.492 e. The summed E-state index contributed by atoms with van der Waals surface area (Å²) in [5, 5.41) is 3.46. The first-order valence-corrected chi connectivity index (χ1v) is 8.25. The predicted molar refractivity (Wildman–Crippen MR) is 94.3 cm³/mol. The van der Waals surface area contributed by atoms with E-state index in [1.165, 1.54) is 5.56 Å². The summed E-state index contributed by atoms with van der Waals surface area (Å²) in [4.78, 5) is 12.3. The van der Waals surface area contributed by atoms with E-state index in [2.05, 4.69) is 17.4 Å². The summed E-state index contributed by atoms with van der Waals surface area (Å²) in [7, 11) is 0. The van der Waals surface area contributed by atoms with Crippen molar-refractivity contribution >= 4 is 17.5 Å². The summed E-state index contributed by atoms with van der Waals surface area (Å²) in [6.45, 7) is 4.45. The highest BCUT2D eigenvalue weighted by Gasteiger charge is 2.12. The Morgan fingerprint density at radius 2 is 1.96 bits per heavy atom. The van der Waals surface area contributed by atoms with Crippen LogP contribution < -0.4 is 10.1 Å². The molecule has 122 valence electrons. The molecule has 1 amide bonds. The molecule has 0 fully saturated rings. The molecule has 1 N–H and O–H groups in total. The fraction of sp³-hybridized carbons (Fsp3) is 0.316. The van der Waals surface area contributed by atoms with Crippen LogP contribution in [0.25, 0.3) is 0 Å². The third-order valence-corrected chi connectivity index (χ3v) is 3.88. The molecule has 0 aliphatic carbocycles. The van der Waals surface area contributed by atoms with Gasteiger partial charge in [0.2, 0.25) is 0 Å². The lowest BCUT2D eigenvalue weighted by molar-refractivity contribution is 0.0938. The summed E-state index contributed by atoms with van der Waals surface area (Å²) in [5.41, 5.74) is 1.82. The van der Waals surface area contributed by atoms with Gasteiger partial charge in [-0.2, -0.15) is 0 Å². The summed E-state index contributed by atoms with van der Waals surface area (Å²) in [6.07, 6.45) is 1.83. The number of carbonyl (C=O) groups is 1. The van der Waals surface area contributed by atoms with Gasteiger partial charge in [-0.1, -0.05) is 41.9 Å². The Hall–Kier alpha value is -2.00. The Kier molecular flexibility index (Phi) is 6.48. The lowest BCUT2D eigenvalue weighted by Crippen LogP contribution is -2.32. The number of halogens is 1. The average molecular weight is 332 g/mol. The van der Waals surface area contributed by atoms with Gasteiger partial charge in [0, 0.05) is 11.6 Å². The minimum absolute atomic E-state index is 0.0908. The second-order valence-corrected chi connectivity index (χ2v) is 5.88. The number of carbonyl (C=O) groups excluding carboxylic acids is 1. The average Bonchev–Trinajstić information content (AvgIpc) is 2.56. The van der Waals surface area contributed by atoms with Crippen LogP contribution in [0.3, 0.4) is 0 Å². The molecule has 4 heteroatoms. The number of hydrogen-bond donors (Lipinski definition) is 1. The van der Waals surface area contributed by atoms with Crippen LogP contribution in [-0.4, -0.2) is 18.6 Å². The van der Waals surface area contributed by atoms with E-state index in [0.717, 1.165) is 12.8 Å². The lowest BCUT2D eigenvalue weighted by Gasteiger charge is -2.14. The molecule has 0 aromatic heterocycles. The third-order valence-electron chi connectivity index (χ3n) is 3.58. The van der Waals surface area contributed by atoms with E-state index in [0.29, 0.717) is 22.9 Å². The maximum atomic E-state index is 12.3. The van der Waals surface area contributed by atoms with Gasteiger partial charge in [0.15, 0.2) is 0 Å². The third kappa shape index (κ3) is 5.29. The smallest absolute Gasteiger partial charge is 0.251 e. The summed E-state index contributed by atoms with van der Waals surface area (Å²) in [5.74, 6) is 0.485. The number of nitrogens with one attached hydrogen (secondary N) is 1. The summed E-state index contributed by atoms with van der Waals surface area (Å²) >= 11 is 6.12. The molecule has 0 aliphatic heterocycles. The van der Waals surface area contributed by atoms with Crippen molar-refractivity contribution in [2.24, 2.45) is 0 Å². The zero-order chi connectivity index (χ0) is 16.7. The van der Waals surface area contributed by atoms with Crippen molar-refractivity contribution in [1.82, 2.24) is 5.32 Å². The maximum absolute atomic E-state index is 12.3. The van der Waals surface area contributed by atoms with Crippen LogP contribution in [0, 0.1) is 0 Å². The number of amides is 1. The molecule has 0 heterocycles.